The maximum absolute atomic E-state index is 5.49. The molecule has 1 aromatic carbocycles. The van der Waals surface area contributed by atoms with E-state index in [0.29, 0.717) is 0 Å². The normalized spacial score (nSPS) is 15.2. The highest BCUT2D eigenvalue weighted by Gasteiger charge is 2.29. The monoisotopic (exact) mass is 342 g/mol. The van der Waals surface area contributed by atoms with Crippen molar-refractivity contribution in [3.05, 3.63) is 46.6 Å². The third-order valence-electron chi connectivity index (χ3n) is 5.33. The van der Waals surface area contributed by atoms with E-state index in [1.165, 1.54) is 11.1 Å². The average molecular weight is 342 g/mol. The van der Waals surface area contributed by atoms with E-state index in [9.17, 15) is 0 Å². The van der Waals surface area contributed by atoms with E-state index >= 15 is 0 Å². The lowest BCUT2D eigenvalue weighted by Gasteiger charge is -2.41. The summed E-state index contributed by atoms with van der Waals surface area (Å²) in [7, 11) is 3.62. The molecule has 0 aliphatic carbocycles. The summed E-state index contributed by atoms with van der Waals surface area (Å²) in [6, 6.07) is 8.81. The van der Waals surface area contributed by atoms with Crippen molar-refractivity contribution in [2.24, 2.45) is 7.05 Å². The largest absolute Gasteiger partial charge is 0.481 e. The van der Waals surface area contributed by atoms with Gasteiger partial charge in [-0.25, -0.2) is 4.68 Å². The highest BCUT2D eigenvalue weighted by Crippen LogP contribution is 2.25. The Morgan fingerprint density at radius 1 is 1.24 bits per heavy atom. The van der Waals surface area contributed by atoms with Crippen LogP contribution in [0.2, 0.25) is 0 Å². The fraction of sp³-hybridized carbons (Fsp3) is 0.550. The predicted octanol–water partition coefficient (Wildman–Crippen LogP) is 2.66. The molecule has 0 spiro atoms. The molecule has 2 heterocycles. The summed E-state index contributed by atoms with van der Waals surface area (Å²) >= 11 is 0. The molecule has 1 N–H and O–H groups in total. The topological polar surface area (TPSA) is 42.3 Å². The van der Waals surface area contributed by atoms with Crippen molar-refractivity contribution >= 4 is 0 Å². The molecule has 1 aliphatic heterocycles. The molecule has 2 aromatic rings. The van der Waals surface area contributed by atoms with Crippen LogP contribution in [0.25, 0.3) is 0 Å². The molecule has 136 valence electrons. The van der Waals surface area contributed by atoms with Crippen molar-refractivity contribution in [3.8, 4) is 5.88 Å². The second-order valence-electron chi connectivity index (χ2n) is 7.55. The van der Waals surface area contributed by atoms with Gasteiger partial charge in [0.15, 0.2) is 0 Å². The maximum Gasteiger partial charge on any atom is 0.216 e. The molecular weight excluding hydrogens is 312 g/mol. The number of fused-ring (bicyclic) bond motifs is 1. The number of methoxy groups -OCH3 is 1. The van der Waals surface area contributed by atoms with Gasteiger partial charge < -0.3 is 10.1 Å². The number of aryl methyl sites for hydroxylation is 2. The van der Waals surface area contributed by atoms with Gasteiger partial charge >= 0.3 is 0 Å². The molecule has 0 saturated heterocycles. The van der Waals surface area contributed by atoms with Crippen LogP contribution in [0.15, 0.2) is 24.3 Å². The van der Waals surface area contributed by atoms with Crippen molar-refractivity contribution in [1.29, 1.82) is 0 Å². The first-order chi connectivity index (χ1) is 11.9. The smallest absolute Gasteiger partial charge is 0.216 e. The van der Waals surface area contributed by atoms with Crippen LogP contribution in [-0.2, 0) is 26.6 Å². The first kappa shape index (κ1) is 18.0. The Balaban J connectivity index is 1.61. The molecule has 3 rings (SSSR count). The first-order valence-electron chi connectivity index (χ1n) is 9.01. The van der Waals surface area contributed by atoms with E-state index in [1.54, 1.807) is 11.8 Å². The number of rotatable bonds is 6. The third-order valence-corrected chi connectivity index (χ3v) is 5.33. The second kappa shape index (κ2) is 7.18. The predicted molar refractivity (Wildman–Crippen MR) is 101 cm³/mol. The van der Waals surface area contributed by atoms with E-state index in [1.807, 2.05) is 14.0 Å². The molecule has 0 saturated carbocycles. The van der Waals surface area contributed by atoms with Crippen molar-refractivity contribution < 1.29 is 4.74 Å². The number of hydrogen-bond donors (Lipinski definition) is 1. The van der Waals surface area contributed by atoms with Gasteiger partial charge in [0.1, 0.15) is 0 Å². The fourth-order valence-electron chi connectivity index (χ4n) is 3.76. The summed E-state index contributed by atoms with van der Waals surface area (Å²) < 4.78 is 7.29. The standard InChI is InChI=1S/C20H30N4O/c1-15-18(19(25-5)23(4)22-15)12-21-14-20(2,3)24-11-10-16-8-6-7-9-17(16)13-24/h6-9,21H,10-14H2,1-5H3. The molecule has 0 bridgehead atoms. The Kier molecular flexibility index (Phi) is 5.16. The molecule has 0 amide bonds. The Morgan fingerprint density at radius 2 is 1.96 bits per heavy atom. The number of hydrogen-bond acceptors (Lipinski definition) is 4. The van der Waals surface area contributed by atoms with Crippen molar-refractivity contribution in [1.82, 2.24) is 20.0 Å². The van der Waals surface area contributed by atoms with E-state index < -0.39 is 0 Å². The van der Waals surface area contributed by atoms with Crippen molar-refractivity contribution in [2.45, 2.75) is 45.8 Å². The van der Waals surface area contributed by atoms with Crippen LogP contribution in [0.1, 0.15) is 36.2 Å². The number of nitrogens with one attached hydrogen (secondary N) is 1. The fourth-order valence-corrected chi connectivity index (χ4v) is 3.76. The van der Waals surface area contributed by atoms with Crippen LogP contribution in [0.4, 0.5) is 0 Å². The molecule has 5 heteroatoms. The third kappa shape index (κ3) is 3.72. The van der Waals surface area contributed by atoms with Crippen molar-refractivity contribution in [3.63, 3.8) is 0 Å². The molecular formula is C20H30N4O. The molecule has 0 radical (unpaired) electrons. The Hall–Kier alpha value is -1.85. The second-order valence-corrected chi connectivity index (χ2v) is 7.55. The maximum atomic E-state index is 5.49. The van der Waals surface area contributed by atoms with Gasteiger partial charge in [-0.3, -0.25) is 4.90 Å². The molecule has 0 fully saturated rings. The molecule has 5 nitrogen and oxygen atoms in total. The summed E-state index contributed by atoms with van der Waals surface area (Å²) in [5, 5.41) is 8.07. The minimum atomic E-state index is 0.0941. The number of aromatic nitrogens is 2. The Morgan fingerprint density at radius 3 is 2.68 bits per heavy atom. The molecule has 0 atom stereocenters. The van der Waals surface area contributed by atoms with Gasteiger partial charge in [0.05, 0.1) is 18.4 Å². The Labute approximate surface area is 151 Å². The Bertz CT molecular complexity index is 735. The number of benzene rings is 1. The van der Waals surface area contributed by atoms with Gasteiger partial charge in [-0.05, 0) is 38.3 Å². The van der Waals surface area contributed by atoms with Gasteiger partial charge in [-0.15, -0.1) is 0 Å². The zero-order valence-corrected chi connectivity index (χ0v) is 16.1. The highest BCUT2D eigenvalue weighted by atomic mass is 16.5. The van der Waals surface area contributed by atoms with Crippen LogP contribution in [0, 0.1) is 6.92 Å². The van der Waals surface area contributed by atoms with Gasteiger partial charge in [0.2, 0.25) is 5.88 Å². The van der Waals surface area contributed by atoms with Crippen LogP contribution in [0.5, 0.6) is 5.88 Å². The zero-order valence-electron chi connectivity index (χ0n) is 16.1. The van der Waals surface area contributed by atoms with E-state index in [-0.39, 0.29) is 5.54 Å². The van der Waals surface area contributed by atoms with E-state index in [4.69, 9.17) is 4.74 Å². The lowest BCUT2D eigenvalue weighted by molar-refractivity contribution is 0.102. The SMILES string of the molecule is COc1c(CNCC(C)(C)N2CCc3ccccc3C2)c(C)nn1C. The summed E-state index contributed by atoms with van der Waals surface area (Å²) in [5.41, 5.74) is 5.22. The minimum Gasteiger partial charge on any atom is -0.481 e. The first-order valence-corrected chi connectivity index (χ1v) is 9.01. The summed E-state index contributed by atoms with van der Waals surface area (Å²) in [5.74, 6) is 0.842. The summed E-state index contributed by atoms with van der Waals surface area (Å²) in [6.07, 6.45) is 1.13. The molecule has 0 unspecified atom stereocenters. The summed E-state index contributed by atoms with van der Waals surface area (Å²) in [4.78, 5) is 2.58. The van der Waals surface area contributed by atoms with Gasteiger partial charge in [0, 0.05) is 38.8 Å². The minimum absolute atomic E-state index is 0.0941. The van der Waals surface area contributed by atoms with Crippen LogP contribution in [0.3, 0.4) is 0 Å². The highest BCUT2D eigenvalue weighted by molar-refractivity contribution is 5.31. The molecule has 1 aliphatic rings. The van der Waals surface area contributed by atoms with Gasteiger partial charge in [0.25, 0.3) is 0 Å². The number of nitrogens with zero attached hydrogens (tertiary/aromatic N) is 3. The molecule has 25 heavy (non-hydrogen) atoms. The van der Waals surface area contributed by atoms with Gasteiger partial charge in [-0.1, -0.05) is 24.3 Å². The lowest BCUT2D eigenvalue weighted by Crippen LogP contribution is -2.52. The van der Waals surface area contributed by atoms with Crippen molar-refractivity contribution in [2.75, 3.05) is 20.2 Å². The van der Waals surface area contributed by atoms with E-state index in [2.05, 4.69) is 53.4 Å². The quantitative estimate of drug-likeness (QED) is 0.876. The zero-order chi connectivity index (χ0) is 18.0. The van der Waals surface area contributed by atoms with Crippen LogP contribution in [-0.4, -0.2) is 40.4 Å². The van der Waals surface area contributed by atoms with Crippen LogP contribution < -0.4 is 10.1 Å². The van der Waals surface area contributed by atoms with Gasteiger partial charge in [-0.2, -0.15) is 5.10 Å². The van der Waals surface area contributed by atoms with Crippen LogP contribution >= 0.6 is 0 Å². The number of ether oxygens (including phenoxy) is 1. The summed E-state index contributed by atoms with van der Waals surface area (Å²) in [6.45, 7) is 10.5. The lowest BCUT2D eigenvalue weighted by atomic mass is 9.94. The average Bonchev–Trinajstić information content (AvgIpc) is 2.87. The molecule has 1 aromatic heterocycles. The van der Waals surface area contributed by atoms with E-state index in [0.717, 1.165) is 49.7 Å².